The average Bonchev–Trinajstić information content (AvgIpc) is 3.17. The summed E-state index contributed by atoms with van der Waals surface area (Å²) in [6.45, 7) is 1.16. The highest BCUT2D eigenvalue weighted by molar-refractivity contribution is 5.81. The Balaban J connectivity index is 1.59. The van der Waals surface area contributed by atoms with E-state index in [-0.39, 0.29) is 18.5 Å². The predicted molar refractivity (Wildman–Crippen MR) is 72.6 cm³/mol. The smallest absolute Gasteiger partial charge is 0.246 e. The molecule has 6 heteroatoms. The van der Waals surface area contributed by atoms with Crippen molar-refractivity contribution in [2.75, 3.05) is 6.54 Å². The van der Waals surface area contributed by atoms with Crippen LogP contribution < -0.4 is 10.6 Å². The molecule has 1 aromatic heterocycles. The van der Waals surface area contributed by atoms with Crippen LogP contribution in [0.25, 0.3) is 11.4 Å². The van der Waals surface area contributed by atoms with E-state index in [1.807, 2.05) is 30.3 Å². The lowest BCUT2D eigenvalue weighted by atomic mass is 10.2. The van der Waals surface area contributed by atoms with Crippen molar-refractivity contribution in [3.05, 3.63) is 36.2 Å². The zero-order chi connectivity index (χ0) is 13.8. The maximum absolute atomic E-state index is 11.8. The largest absolute Gasteiger partial charge is 0.346 e. The number of carbonyl (C=O) groups is 1. The molecule has 3 rings (SSSR count). The molecule has 2 heterocycles. The van der Waals surface area contributed by atoms with E-state index in [0.717, 1.165) is 24.9 Å². The van der Waals surface area contributed by atoms with Gasteiger partial charge in [0, 0.05) is 5.56 Å². The fraction of sp³-hybridized carbons (Fsp3) is 0.357. The van der Waals surface area contributed by atoms with E-state index in [4.69, 9.17) is 4.52 Å². The first kappa shape index (κ1) is 12.8. The highest BCUT2D eigenvalue weighted by Gasteiger charge is 2.22. The third kappa shape index (κ3) is 2.85. The van der Waals surface area contributed by atoms with Gasteiger partial charge in [0.05, 0.1) is 12.6 Å². The summed E-state index contributed by atoms with van der Waals surface area (Å²) in [4.78, 5) is 16.1. The van der Waals surface area contributed by atoms with Crippen molar-refractivity contribution in [1.29, 1.82) is 0 Å². The molecule has 2 aromatic rings. The Labute approximate surface area is 116 Å². The summed E-state index contributed by atoms with van der Waals surface area (Å²) in [6, 6.07) is 9.49. The first-order valence-corrected chi connectivity index (χ1v) is 6.72. The summed E-state index contributed by atoms with van der Waals surface area (Å²) < 4.78 is 5.14. The maximum atomic E-state index is 11.8. The number of rotatable bonds is 4. The molecule has 0 radical (unpaired) electrons. The van der Waals surface area contributed by atoms with Gasteiger partial charge in [-0.05, 0) is 19.4 Å². The summed E-state index contributed by atoms with van der Waals surface area (Å²) in [6.07, 6.45) is 1.92. The van der Waals surface area contributed by atoms with E-state index in [0.29, 0.717) is 11.7 Å². The number of benzene rings is 1. The Morgan fingerprint density at radius 2 is 2.25 bits per heavy atom. The highest BCUT2D eigenvalue weighted by Crippen LogP contribution is 2.14. The first-order valence-electron chi connectivity index (χ1n) is 6.72. The SMILES string of the molecule is O=C(NCc1nc(-c2ccccc2)no1)C1CCCN1. The van der Waals surface area contributed by atoms with Crippen LogP contribution in [0.5, 0.6) is 0 Å². The van der Waals surface area contributed by atoms with Gasteiger partial charge in [0.1, 0.15) is 0 Å². The van der Waals surface area contributed by atoms with Crippen LogP contribution in [0.15, 0.2) is 34.9 Å². The fourth-order valence-corrected chi connectivity index (χ4v) is 2.23. The first-order chi connectivity index (χ1) is 9.83. The average molecular weight is 272 g/mol. The van der Waals surface area contributed by atoms with Gasteiger partial charge in [-0.2, -0.15) is 4.98 Å². The van der Waals surface area contributed by atoms with Gasteiger partial charge in [-0.1, -0.05) is 35.5 Å². The van der Waals surface area contributed by atoms with Crippen LogP contribution in [0.3, 0.4) is 0 Å². The van der Waals surface area contributed by atoms with E-state index in [9.17, 15) is 4.79 Å². The second-order valence-corrected chi connectivity index (χ2v) is 4.74. The molecule has 6 nitrogen and oxygen atoms in total. The van der Waals surface area contributed by atoms with Crippen molar-refractivity contribution in [1.82, 2.24) is 20.8 Å². The van der Waals surface area contributed by atoms with Crippen LogP contribution in [0.4, 0.5) is 0 Å². The van der Waals surface area contributed by atoms with E-state index in [1.165, 1.54) is 0 Å². The molecule has 0 spiro atoms. The van der Waals surface area contributed by atoms with Crippen molar-refractivity contribution in [3.63, 3.8) is 0 Å². The van der Waals surface area contributed by atoms with Gasteiger partial charge in [0.15, 0.2) is 0 Å². The van der Waals surface area contributed by atoms with Gasteiger partial charge in [0.25, 0.3) is 0 Å². The fourth-order valence-electron chi connectivity index (χ4n) is 2.23. The maximum Gasteiger partial charge on any atom is 0.246 e. The summed E-state index contributed by atoms with van der Waals surface area (Å²) in [5.74, 6) is 0.936. The molecular formula is C14H16N4O2. The summed E-state index contributed by atoms with van der Waals surface area (Å²) >= 11 is 0. The lowest BCUT2D eigenvalue weighted by Crippen LogP contribution is -2.40. The molecule has 1 aromatic carbocycles. The van der Waals surface area contributed by atoms with Crippen molar-refractivity contribution in [2.45, 2.75) is 25.4 Å². The minimum atomic E-state index is -0.0912. The van der Waals surface area contributed by atoms with Gasteiger partial charge in [-0.25, -0.2) is 0 Å². The summed E-state index contributed by atoms with van der Waals surface area (Å²) in [7, 11) is 0. The Morgan fingerprint density at radius 3 is 3.00 bits per heavy atom. The number of aromatic nitrogens is 2. The van der Waals surface area contributed by atoms with Crippen LogP contribution in [-0.4, -0.2) is 28.6 Å². The number of amides is 1. The van der Waals surface area contributed by atoms with E-state index >= 15 is 0 Å². The normalized spacial score (nSPS) is 18.1. The van der Waals surface area contributed by atoms with Crippen molar-refractivity contribution in [3.8, 4) is 11.4 Å². The molecule has 2 N–H and O–H groups in total. The lowest BCUT2D eigenvalue weighted by Gasteiger charge is -2.08. The Bertz CT molecular complexity index is 576. The second-order valence-electron chi connectivity index (χ2n) is 4.74. The van der Waals surface area contributed by atoms with E-state index < -0.39 is 0 Å². The molecular weight excluding hydrogens is 256 g/mol. The zero-order valence-electron chi connectivity index (χ0n) is 11.0. The minimum Gasteiger partial charge on any atom is -0.346 e. The van der Waals surface area contributed by atoms with E-state index in [1.54, 1.807) is 0 Å². The third-order valence-corrected chi connectivity index (χ3v) is 3.29. The predicted octanol–water partition coefficient (Wildman–Crippen LogP) is 1.10. The number of hydrogen-bond donors (Lipinski definition) is 2. The second kappa shape index (κ2) is 5.83. The molecule has 0 saturated carbocycles. The molecule has 1 saturated heterocycles. The van der Waals surface area contributed by atoms with Gasteiger partial charge in [0.2, 0.25) is 17.6 Å². The van der Waals surface area contributed by atoms with Crippen LogP contribution in [-0.2, 0) is 11.3 Å². The third-order valence-electron chi connectivity index (χ3n) is 3.29. The number of hydrogen-bond acceptors (Lipinski definition) is 5. The number of carbonyl (C=O) groups excluding carboxylic acids is 1. The highest BCUT2D eigenvalue weighted by atomic mass is 16.5. The quantitative estimate of drug-likeness (QED) is 0.871. The molecule has 104 valence electrons. The molecule has 1 aliphatic heterocycles. The Hall–Kier alpha value is -2.21. The van der Waals surface area contributed by atoms with Gasteiger partial charge < -0.3 is 15.2 Å². The number of nitrogens with one attached hydrogen (secondary N) is 2. The van der Waals surface area contributed by atoms with Crippen LogP contribution in [0.2, 0.25) is 0 Å². The number of nitrogens with zero attached hydrogens (tertiary/aromatic N) is 2. The Kier molecular flexibility index (Phi) is 3.73. The van der Waals surface area contributed by atoms with Crippen LogP contribution in [0.1, 0.15) is 18.7 Å². The van der Waals surface area contributed by atoms with Crippen LogP contribution in [0, 0.1) is 0 Å². The topological polar surface area (TPSA) is 80.1 Å². The van der Waals surface area contributed by atoms with Gasteiger partial charge >= 0.3 is 0 Å². The van der Waals surface area contributed by atoms with E-state index in [2.05, 4.69) is 20.8 Å². The molecule has 1 fully saturated rings. The summed E-state index contributed by atoms with van der Waals surface area (Å²) in [5, 5.41) is 9.86. The van der Waals surface area contributed by atoms with Gasteiger partial charge in [-0.3, -0.25) is 4.79 Å². The van der Waals surface area contributed by atoms with Crippen molar-refractivity contribution < 1.29 is 9.32 Å². The van der Waals surface area contributed by atoms with Crippen LogP contribution >= 0.6 is 0 Å². The molecule has 1 atom stereocenters. The summed E-state index contributed by atoms with van der Waals surface area (Å²) in [5.41, 5.74) is 0.895. The molecule has 0 aliphatic carbocycles. The van der Waals surface area contributed by atoms with Gasteiger partial charge in [-0.15, -0.1) is 0 Å². The minimum absolute atomic E-state index is 0.0121. The lowest BCUT2D eigenvalue weighted by molar-refractivity contribution is -0.123. The molecule has 1 amide bonds. The molecule has 1 unspecified atom stereocenters. The zero-order valence-corrected chi connectivity index (χ0v) is 11.0. The van der Waals surface area contributed by atoms with Crippen molar-refractivity contribution in [2.24, 2.45) is 0 Å². The van der Waals surface area contributed by atoms with Crippen molar-refractivity contribution >= 4 is 5.91 Å². The Morgan fingerprint density at radius 1 is 1.40 bits per heavy atom. The monoisotopic (exact) mass is 272 g/mol. The molecule has 1 aliphatic rings. The standard InChI is InChI=1S/C14H16N4O2/c19-14(11-7-4-8-15-11)16-9-12-17-13(18-20-12)10-5-2-1-3-6-10/h1-3,5-6,11,15H,4,7-9H2,(H,16,19). The molecule has 20 heavy (non-hydrogen) atoms. The molecule has 0 bridgehead atoms.